The Hall–Kier alpha value is -1.10. The lowest BCUT2D eigenvalue weighted by molar-refractivity contribution is -0.150. The van der Waals surface area contributed by atoms with Gasteiger partial charge in [0.1, 0.15) is 5.54 Å². The van der Waals surface area contributed by atoms with Gasteiger partial charge in [-0.15, -0.1) is 0 Å². The van der Waals surface area contributed by atoms with Gasteiger partial charge in [-0.25, -0.2) is 4.79 Å². The summed E-state index contributed by atoms with van der Waals surface area (Å²) in [5.41, 5.74) is 3.72. The molecule has 0 aromatic carbocycles. The number of carboxylic acid groups (broad SMARTS) is 1. The van der Waals surface area contributed by atoms with Crippen molar-refractivity contribution in [1.82, 2.24) is 5.32 Å². The minimum Gasteiger partial charge on any atom is -0.480 e. The highest BCUT2D eigenvalue weighted by molar-refractivity contribution is 5.91. The van der Waals surface area contributed by atoms with Crippen LogP contribution in [-0.2, 0) is 9.59 Å². The number of hydrogen-bond acceptors (Lipinski definition) is 3. The third-order valence-electron chi connectivity index (χ3n) is 4.14. The van der Waals surface area contributed by atoms with Gasteiger partial charge in [-0.1, -0.05) is 13.8 Å². The average Bonchev–Trinajstić information content (AvgIpc) is 2.32. The fraction of sp³-hybridized carbons (Fsp3) is 0.846. The largest absolute Gasteiger partial charge is 0.480 e. The maximum atomic E-state index is 12.1. The van der Waals surface area contributed by atoms with Crippen molar-refractivity contribution in [2.45, 2.75) is 64.0 Å². The van der Waals surface area contributed by atoms with E-state index in [2.05, 4.69) is 12.2 Å². The summed E-state index contributed by atoms with van der Waals surface area (Å²) < 4.78 is 0. The Labute approximate surface area is 108 Å². The molecule has 1 fully saturated rings. The molecule has 1 rings (SSSR count). The maximum absolute atomic E-state index is 12.1. The summed E-state index contributed by atoms with van der Waals surface area (Å²) in [6, 6.07) is 0. The van der Waals surface area contributed by atoms with Crippen molar-refractivity contribution in [2.24, 2.45) is 11.7 Å². The van der Waals surface area contributed by atoms with Crippen LogP contribution >= 0.6 is 0 Å². The molecule has 0 heterocycles. The second-order valence-corrected chi connectivity index (χ2v) is 5.79. The smallest absolute Gasteiger partial charge is 0.329 e. The Morgan fingerprint density at radius 3 is 2.33 bits per heavy atom. The van der Waals surface area contributed by atoms with Crippen molar-refractivity contribution in [3.05, 3.63) is 0 Å². The van der Waals surface area contributed by atoms with E-state index in [4.69, 9.17) is 5.73 Å². The zero-order valence-electron chi connectivity index (χ0n) is 11.5. The Kier molecular flexibility index (Phi) is 4.37. The monoisotopic (exact) mass is 256 g/mol. The molecule has 0 spiro atoms. The first-order valence-corrected chi connectivity index (χ1v) is 6.58. The maximum Gasteiger partial charge on any atom is 0.329 e. The molecular weight excluding hydrogens is 232 g/mol. The summed E-state index contributed by atoms with van der Waals surface area (Å²) in [5, 5.41) is 12.1. The first kappa shape index (κ1) is 15.0. The first-order chi connectivity index (χ1) is 8.23. The van der Waals surface area contributed by atoms with Crippen LogP contribution in [0.15, 0.2) is 0 Å². The standard InChI is InChI=1S/C13H24N2O3/c1-4-12(3,14)10(16)15-13(11(17)18)7-5-9(2)6-8-13/h9H,4-8,14H2,1-3H3,(H,15,16)(H,17,18). The van der Waals surface area contributed by atoms with Gasteiger partial charge in [-0.3, -0.25) is 4.79 Å². The van der Waals surface area contributed by atoms with E-state index in [1.54, 1.807) is 6.92 Å². The molecule has 1 atom stereocenters. The Bertz CT molecular complexity index is 331. The topological polar surface area (TPSA) is 92.4 Å². The number of rotatable bonds is 4. The van der Waals surface area contributed by atoms with E-state index in [1.165, 1.54) is 0 Å². The molecular formula is C13H24N2O3. The van der Waals surface area contributed by atoms with Gasteiger partial charge in [0.05, 0.1) is 5.54 Å². The van der Waals surface area contributed by atoms with Gasteiger partial charge < -0.3 is 16.2 Å². The molecule has 0 aliphatic heterocycles. The summed E-state index contributed by atoms with van der Waals surface area (Å²) >= 11 is 0. The Morgan fingerprint density at radius 2 is 1.94 bits per heavy atom. The van der Waals surface area contributed by atoms with E-state index >= 15 is 0 Å². The van der Waals surface area contributed by atoms with E-state index in [1.807, 2.05) is 6.92 Å². The minimum absolute atomic E-state index is 0.373. The highest BCUT2D eigenvalue weighted by Crippen LogP contribution is 2.32. The van der Waals surface area contributed by atoms with E-state index in [-0.39, 0.29) is 5.91 Å². The molecule has 5 nitrogen and oxygen atoms in total. The fourth-order valence-electron chi connectivity index (χ4n) is 2.17. The first-order valence-electron chi connectivity index (χ1n) is 6.58. The number of aliphatic carboxylic acids is 1. The molecule has 1 saturated carbocycles. The number of carboxylic acids is 1. The van der Waals surface area contributed by atoms with Crippen LogP contribution in [0.1, 0.15) is 52.9 Å². The zero-order chi connectivity index (χ0) is 14.0. The Morgan fingerprint density at radius 1 is 1.44 bits per heavy atom. The fourth-order valence-corrected chi connectivity index (χ4v) is 2.17. The van der Waals surface area contributed by atoms with Gasteiger partial charge in [-0.2, -0.15) is 0 Å². The van der Waals surface area contributed by atoms with Crippen LogP contribution in [0.3, 0.4) is 0 Å². The molecule has 1 aliphatic carbocycles. The molecule has 0 aromatic heterocycles. The highest BCUT2D eigenvalue weighted by atomic mass is 16.4. The number of carbonyl (C=O) groups excluding carboxylic acids is 1. The summed E-state index contributed by atoms with van der Waals surface area (Å²) in [6.07, 6.45) is 3.08. The molecule has 1 aliphatic rings. The normalized spacial score (nSPS) is 31.4. The van der Waals surface area contributed by atoms with Crippen LogP contribution in [0.25, 0.3) is 0 Å². The van der Waals surface area contributed by atoms with Crippen molar-refractivity contribution in [1.29, 1.82) is 0 Å². The lowest BCUT2D eigenvalue weighted by Gasteiger charge is -2.38. The third-order valence-corrected chi connectivity index (χ3v) is 4.14. The summed E-state index contributed by atoms with van der Waals surface area (Å²) in [5.74, 6) is -0.804. The van der Waals surface area contributed by atoms with Gasteiger partial charge in [0, 0.05) is 0 Å². The van der Waals surface area contributed by atoms with Crippen LogP contribution < -0.4 is 11.1 Å². The molecule has 0 saturated heterocycles. The zero-order valence-corrected chi connectivity index (χ0v) is 11.5. The molecule has 5 heteroatoms. The summed E-state index contributed by atoms with van der Waals surface area (Å²) in [4.78, 5) is 23.5. The van der Waals surface area contributed by atoms with Gasteiger partial charge >= 0.3 is 5.97 Å². The van der Waals surface area contributed by atoms with Crippen LogP contribution in [0, 0.1) is 5.92 Å². The van der Waals surface area contributed by atoms with E-state index in [0.717, 1.165) is 12.8 Å². The van der Waals surface area contributed by atoms with Crippen molar-refractivity contribution in [3.63, 3.8) is 0 Å². The predicted molar refractivity (Wildman–Crippen MR) is 69.0 cm³/mol. The highest BCUT2D eigenvalue weighted by Gasteiger charge is 2.44. The molecule has 0 aromatic rings. The van der Waals surface area contributed by atoms with Gasteiger partial charge in [0.15, 0.2) is 0 Å². The predicted octanol–water partition coefficient (Wildman–Crippen LogP) is 1.26. The van der Waals surface area contributed by atoms with Gasteiger partial charge in [0.2, 0.25) is 5.91 Å². The van der Waals surface area contributed by atoms with E-state index in [0.29, 0.717) is 25.2 Å². The van der Waals surface area contributed by atoms with Crippen LogP contribution in [0.4, 0.5) is 0 Å². The quantitative estimate of drug-likeness (QED) is 0.706. The van der Waals surface area contributed by atoms with Crippen molar-refractivity contribution in [3.8, 4) is 0 Å². The minimum atomic E-state index is -1.13. The van der Waals surface area contributed by atoms with Crippen LogP contribution in [0.2, 0.25) is 0 Å². The summed E-state index contributed by atoms with van der Waals surface area (Å²) in [7, 11) is 0. The molecule has 0 bridgehead atoms. The molecule has 18 heavy (non-hydrogen) atoms. The number of carbonyl (C=O) groups is 2. The molecule has 104 valence electrons. The lowest BCUT2D eigenvalue weighted by atomic mass is 9.76. The molecule has 0 radical (unpaired) electrons. The van der Waals surface area contributed by atoms with Gasteiger partial charge in [-0.05, 0) is 44.9 Å². The van der Waals surface area contributed by atoms with Crippen molar-refractivity contribution < 1.29 is 14.7 Å². The SMILES string of the molecule is CCC(C)(N)C(=O)NC1(C(=O)O)CCC(C)CC1. The average molecular weight is 256 g/mol. The number of nitrogens with one attached hydrogen (secondary N) is 1. The van der Waals surface area contributed by atoms with E-state index < -0.39 is 17.0 Å². The Balaban J connectivity index is 2.82. The van der Waals surface area contributed by atoms with Crippen LogP contribution in [-0.4, -0.2) is 28.1 Å². The van der Waals surface area contributed by atoms with Crippen molar-refractivity contribution >= 4 is 11.9 Å². The summed E-state index contributed by atoms with van der Waals surface area (Å²) in [6.45, 7) is 5.55. The second kappa shape index (κ2) is 5.26. The molecule has 1 unspecified atom stereocenters. The second-order valence-electron chi connectivity index (χ2n) is 5.79. The van der Waals surface area contributed by atoms with E-state index in [9.17, 15) is 14.7 Å². The molecule has 4 N–H and O–H groups in total. The molecule has 1 amide bonds. The lowest BCUT2D eigenvalue weighted by Crippen LogP contribution is -2.62. The van der Waals surface area contributed by atoms with Gasteiger partial charge in [0.25, 0.3) is 0 Å². The van der Waals surface area contributed by atoms with Crippen LogP contribution in [0.5, 0.6) is 0 Å². The third kappa shape index (κ3) is 3.02. The number of amides is 1. The number of hydrogen-bond donors (Lipinski definition) is 3. The van der Waals surface area contributed by atoms with Crippen molar-refractivity contribution in [2.75, 3.05) is 0 Å². The number of nitrogens with two attached hydrogens (primary N) is 1.